The Hall–Kier alpha value is -2.01. The molecule has 24 heavy (non-hydrogen) atoms. The Balaban J connectivity index is 2.44. The average Bonchev–Trinajstić information content (AvgIpc) is 2.61. The van der Waals surface area contributed by atoms with Crippen molar-refractivity contribution in [2.24, 2.45) is 0 Å². The minimum absolute atomic E-state index is 0.0596. The summed E-state index contributed by atoms with van der Waals surface area (Å²) in [6.45, 7) is 6.96. The fourth-order valence-corrected chi connectivity index (χ4v) is 3.31. The quantitative estimate of drug-likeness (QED) is 0.803. The van der Waals surface area contributed by atoms with Crippen molar-refractivity contribution in [3.63, 3.8) is 0 Å². The normalized spacial score (nSPS) is 18.0. The van der Waals surface area contributed by atoms with E-state index in [4.69, 9.17) is 9.47 Å². The van der Waals surface area contributed by atoms with Gasteiger partial charge >= 0.3 is 0 Å². The summed E-state index contributed by atoms with van der Waals surface area (Å²) in [7, 11) is 5.37. The van der Waals surface area contributed by atoms with Gasteiger partial charge in [-0.15, -0.1) is 0 Å². The molecule has 0 saturated heterocycles. The smallest absolute Gasteiger partial charge is 0.250 e. The lowest BCUT2D eigenvalue weighted by atomic mass is 9.90. The third kappa shape index (κ3) is 3.73. The number of nitrogens with zero attached hydrogens (tertiary/aromatic N) is 2. The van der Waals surface area contributed by atoms with E-state index in [9.17, 15) is 4.79 Å². The molecule has 0 fully saturated rings. The molecule has 5 nitrogen and oxygen atoms in total. The lowest BCUT2D eigenvalue weighted by molar-refractivity contribution is -0.127. The van der Waals surface area contributed by atoms with Crippen LogP contribution < -0.4 is 9.47 Å². The van der Waals surface area contributed by atoms with Crippen LogP contribution in [0.2, 0.25) is 0 Å². The summed E-state index contributed by atoms with van der Waals surface area (Å²) in [5, 5.41) is 0. The summed E-state index contributed by atoms with van der Waals surface area (Å²) in [5.74, 6) is 1.76. The van der Waals surface area contributed by atoms with Gasteiger partial charge in [0.05, 0.1) is 14.2 Å². The van der Waals surface area contributed by atoms with Crippen molar-refractivity contribution < 1.29 is 14.3 Å². The number of amides is 1. The molecule has 1 atom stereocenters. The second kappa shape index (κ2) is 8.20. The molecule has 1 aliphatic heterocycles. The molecule has 2 rings (SSSR count). The number of rotatable bonds is 6. The van der Waals surface area contributed by atoms with Crippen molar-refractivity contribution in [2.75, 3.05) is 47.4 Å². The van der Waals surface area contributed by atoms with Crippen LogP contribution in [0.5, 0.6) is 11.5 Å². The van der Waals surface area contributed by atoms with E-state index in [0.29, 0.717) is 6.54 Å². The lowest BCUT2D eigenvalue weighted by Gasteiger charge is -2.32. The SMILES string of the molecule is CCN(CC)C(=O)C1=CC(c2c(OC)cccc2OC)CN(C)C1. The van der Waals surface area contributed by atoms with Gasteiger partial charge in [-0.25, -0.2) is 0 Å². The third-order valence-corrected chi connectivity index (χ3v) is 4.51. The number of benzene rings is 1. The molecule has 0 aromatic heterocycles. The van der Waals surface area contributed by atoms with Crippen LogP contribution in [-0.4, -0.2) is 63.2 Å². The first-order chi connectivity index (χ1) is 11.5. The van der Waals surface area contributed by atoms with Crippen LogP contribution in [0.4, 0.5) is 0 Å². The second-order valence-electron chi connectivity index (χ2n) is 6.05. The van der Waals surface area contributed by atoms with E-state index in [1.807, 2.05) is 44.0 Å². The molecule has 0 saturated carbocycles. The minimum atomic E-state index is 0.0596. The number of likely N-dealkylation sites (N-methyl/N-ethyl adjacent to an activating group) is 2. The molecule has 0 radical (unpaired) electrons. The van der Waals surface area contributed by atoms with Crippen molar-refractivity contribution >= 4 is 5.91 Å². The maximum atomic E-state index is 12.8. The Morgan fingerprint density at radius 2 is 1.79 bits per heavy atom. The van der Waals surface area contributed by atoms with Crippen molar-refractivity contribution in [1.29, 1.82) is 0 Å². The van der Waals surface area contributed by atoms with Gasteiger partial charge in [0.2, 0.25) is 0 Å². The first-order valence-electron chi connectivity index (χ1n) is 8.45. The molecule has 1 unspecified atom stereocenters. The fourth-order valence-electron chi connectivity index (χ4n) is 3.31. The maximum absolute atomic E-state index is 12.8. The molecule has 1 aliphatic rings. The molecule has 1 aromatic rings. The predicted molar refractivity (Wildman–Crippen MR) is 95.8 cm³/mol. The maximum Gasteiger partial charge on any atom is 0.250 e. The Kier molecular flexibility index (Phi) is 6.26. The largest absolute Gasteiger partial charge is 0.496 e. The van der Waals surface area contributed by atoms with E-state index >= 15 is 0 Å². The van der Waals surface area contributed by atoms with Gasteiger partial charge < -0.3 is 19.3 Å². The number of carbonyl (C=O) groups is 1. The molecule has 1 amide bonds. The summed E-state index contributed by atoms with van der Waals surface area (Å²) in [4.78, 5) is 16.8. The second-order valence-corrected chi connectivity index (χ2v) is 6.05. The summed E-state index contributed by atoms with van der Waals surface area (Å²) in [6.07, 6.45) is 2.08. The number of hydrogen-bond donors (Lipinski definition) is 0. The molecule has 1 aromatic carbocycles. The van der Waals surface area contributed by atoms with Gasteiger partial charge in [-0.05, 0) is 33.0 Å². The molecule has 5 heteroatoms. The first-order valence-corrected chi connectivity index (χ1v) is 8.45. The number of ether oxygens (including phenoxy) is 2. The van der Waals surface area contributed by atoms with E-state index in [0.717, 1.165) is 42.3 Å². The Morgan fingerprint density at radius 1 is 1.21 bits per heavy atom. The highest BCUT2D eigenvalue weighted by molar-refractivity contribution is 5.94. The first kappa shape index (κ1) is 18.3. The Labute approximate surface area is 144 Å². The zero-order chi connectivity index (χ0) is 17.7. The molecule has 0 spiro atoms. The highest BCUT2D eigenvalue weighted by Crippen LogP contribution is 2.38. The van der Waals surface area contributed by atoms with Crippen LogP contribution in [-0.2, 0) is 4.79 Å². The van der Waals surface area contributed by atoms with Crippen molar-refractivity contribution in [3.05, 3.63) is 35.4 Å². The van der Waals surface area contributed by atoms with Gasteiger partial charge in [-0.1, -0.05) is 12.1 Å². The minimum Gasteiger partial charge on any atom is -0.496 e. The van der Waals surface area contributed by atoms with Gasteiger partial charge in [-0.3, -0.25) is 4.79 Å². The van der Waals surface area contributed by atoms with Crippen LogP contribution in [0.1, 0.15) is 25.3 Å². The van der Waals surface area contributed by atoms with Crippen molar-refractivity contribution in [3.8, 4) is 11.5 Å². The van der Waals surface area contributed by atoms with Gasteiger partial charge in [0, 0.05) is 43.2 Å². The van der Waals surface area contributed by atoms with Crippen molar-refractivity contribution in [1.82, 2.24) is 9.80 Å². The predicted octanol–water partition coefficient (Wildman–Crippen LogP) is 2.53. The van der Waals surface area contributed by atoms with Gasteiger partial charge in [0.1, 0.15) is 11.5 Å². The van der Waals surface area contributed by atoms with E-state index in [1.165, 1.54) is 0 Å². The van der Waals surface area contributed by atoms with Gasteiger partial charge in [0.15, 0.2) is 0 Å². The molecule has 0 N–H and O–H groups in total. The summed E-state index contributed by atoms with van der Waals surface area (Å²) < 4.78 is 11.1. The van der Waals surface area contributed by atoms with Crippen LogP contribution in [0.15, 0.2) is 29.8 Å². The van der Waals surface area contributed by atoms with Crippen molar-refractivity contribution in [2.45, 2.75) is 19.8 Å². The zero-order valence-corrected chi connectivity index (χ0v) is 15.3. The molecular formula is C19H28N2O3. The lowest BCUT2D eigenvalue weighted by Crippen LogP contribution is -2.39. The summed E-state index contributed by atoms with van der Waals surface area (Å²) >= 11 is 0. The van der Waals surface area contributed by atoms with E-state index in [-0.39, 0.29) is 11.8 Å². The van der Waals surface area contributed by atoms with Gasteiger partial charge in [-0.2, -0.15) is 0 Å². The molecule has 1 heterocycles. The van der Waals surface area contributed by atoms with E-state index < -0.39 is 0 Å². The fraction of sp³-hybridized carbons (Fsp3) is 0.526. The molecule has 0 aliphatic carbocycles. The average molecular weight is 332 g/mol. The number of carbonyl (C=O) groups excluding carboxylic acids is 1. The van der Waals surface area contributed by atoms with Crippen LogP contribution in [0.25, 0.3) is 0 Å². The van der Waals surface area contributed by atoms with Crippen LogP contribution >= 0.6 is 0 Å². The molecule has 132 valence electrons. The number of methoxy groups -OCH3 is 2. The highest BCUT2D eigenvalue weighted by Gasteiger charge is 2.28. The Morgan fingerprint density at radius 3 is 2.29 bits per heavy atom. The van der Waals surface area contributed by atoms with E-state index in [2.05, 4.69) is 11.0 Å². The van der Waals surface area contributed by atoms with Crippen LogP contribution in [0, 0.1) is 0 Å². The van der Waals surface area contributed by atoms with Crippen LogP contribution in [0.3, 0.4) is 0 Å². The standard InChI is InChI=1S/C19H28N2O3/c1-6-21(7-2)19(22)15-11-14(12-20(3)13-15)18-16(23-4)9-8-10-17(18)24-5/h8-11,14H,6-7,12-13H2,1-5H3. The molecular weight excluding hydrogens is 304 g/mol. The third-order valence-electron chi connectivity index (χ3n) is 4.51. The summed E-state index contributed by atoms with van der Waals surface area (Å²) in [5.41, 5.74) is 1.84. The van der Waals surface area contributed by atoms with Gasteiger partial charge in [0.25, 0.3) is 5.91 Å². The number of hydrogen-bond acceptors (Lipinski definition) is 4. The summed E-state index contributed by atoms with van der Waals surface area (Å²) in [6, 6.07) is 5.79. The molecule has 0 bridgehead atoms. The highest BCUT2D eigenvalue weighted by atomic mass is 16.5. The topological polar surface area (TPSA) is 42.0 Å². The zero-order valence-electron chi connectivity index (χ0n) is 15.3. The van der Waals surface area contributed by atoms with E-state index in [1.54, 1.807) is 14.2 Å². The Bertz CT molecular complexity index is 586. The monoisotopic (exact) mass is 332 g/mol.